The van der Waals surface area contributed by atoms with Gasteiger partial charge in [0.05, 0.1) is 30.5 Å². The number of aryl methyl sites for hydroxylation is 3. The van der Waals surface area contributed by atoms with Gasteiger partial charge in [-0.3, -0.25) is 9.52 Å². The molecule has 1 aliphatic rings. The van der Waals surface area contributed by atoms with E-state index in [1.807, 2.05) is 13.8 Å². The second-order valence-corrected chi connectivity index (χ2v) is 14.7. The van der Waals surface area contributed by atoms with Gasteiger partial charge in [0.2, 0.25) is 15.9 Å². The lowest BCUT2D eigenvalue weighted by Crippen LogP contribution is -2.48. The molecule has 43 heavy (non-hydrogen) atoms. The van der Waals surface area contributed by atoms with Gasteiger partial charge in [0.15, 0.2) is 10.7 Å². The number of aliphatic hydroxyl groups excluding tert-OH is 1. The minimum absolute atomic E-state index is 0.0211. The number of amides is 1. The number of sulfonamides is 2. The monoisotopic (exact) mass is 634 g/mol. The zero-order chi connectivity index (χ0) is 31.7. The lowest BCUT2D eigenvalue weighted by atomic mass is 10.0. The molecular formula is C29H38N4O8S2. The number of carbonyl (C=O) groups excluding carboxylic acids is 1. The van der Waals surface area contributed by atoms with Crippen molar-refractivity contribution in [2.45, 2.75) is 63.0 Å². The van der Waals surface area contributed by atoms with Gasteiger partial charge in [0, 0.05) is 30.8 Å². The highest BCUT2D eigenvalue weighted by Crippen LogP contribution is 2.31. The molecule has 0 spiro atoms. The van der Waals surface area contributed by atoms with E-state index in [0.29, 0.717) is 11.3 Å². The third-order valence-electron chi connectivity index (χ3n) is 7.57. The van der Waals surface area contributed by atoms with Gasteiger partial charge in [0.25, 0.3) is 10.0 Å². The fraction of sp³-hybridized carbons (Fsp3) is 0.448. The lowest BCUT2D eigenvalue weighted by Gasteiger charge is -2.33. The summed E-state index contributed by atoms with van der Waals surface area (Å²) in [6, 6.07) is 10.7. The summed E-state index contributed by atoms with van der Waals surface area (Å²) in [4.78, 5) is 15.1. The normalized spacial score (nSPS) is 18.8. The maximum atomic E-state index is 13.5. The Morgan fingerprint density at radius 2 is 1.79 bits per heavy atom. The van der Waals surface area contributed by atoms with Crippen LogP contribution in [0.25, 0.3) is 0 Å². The zero-order valence-electron chi connectivity index (χ0n) is 25.1. The van der Waals surface area contributed by atoms with Crippen LogP contribution in [0.5, 0.6) is 5.75 Å². The molecule has 0 saturated heterocycles. The SMILES string of the molecule is Cc1ccc(S(=O)(=O)N(C)C[C@H]2Oc3ccc(NS(=O)(=O)c4c(C)noc4C)cc3CC(=O)N([C@H](C)CO)C[C@@H]2C)cc1. The molecule has 2 heterocycles. The highest BCUT2D eigenvalue weighted by atomic mass is 32.2. The third kappa shape index (κ3) is 7.03. The number of carbonyl (C=O) groups is 1. The Balaban J connectivity index is 1.69. The van der Waals surface area contributed by atoms with Gasteiger partial charge in [-0.05, 0) is 58.0 Å². The Hall–Kier alpha value is -3.46. The summed E-state index contributed by atoms with van der Waals surface area (Å²) in [5.41, 5.74) is 1.74. The van der Waals surface area contributed by atoms with Crippen molar-refractivity contribution in [1.82, 2.24) is 14.4 Å². The Bertz CT molecular complexity index is 1670. The van der Waals surface area contributed by atoms with Crippen LogP contribution >= 0.6 is 0 Å². The predicted molar refractivity (Wildman–Crippen MR) is 160 cm³/mol. The van der Waals surface area contributed by atoms with Crippen molar-refractivity contribution in [2.24, 2.45) is 5.92 Å². The molecule has 234 valence electrons. The molecule has 1 aliphatic heterocycles. The van der Waals surface area contributed by atoms with Crippen LogP contribution in [-0.2, 0) is 31.3 Å². The fourth-order valence-electron chi connectivity index (χ4n) is 5.02. The molecule has 0 radical (unpaired) electrons. The number of nitrogens with one attached hydrogen (secondary N) is 1. The number of hydrogen-bond donors (Lipinski definition) is 2. The molecule has 0 bridgehead atoms. The second kappa shape index (κ2) is 12.6. The molecule has 2 N–H and O–H groups in total. The van der Waals surface area contributed by atoms with Gasteiger partial charge in [-0.2, -0.15) is 4.31 Å². The number of hydrogen-bond acceptors (Lipinski definition) is 9. The molecule has 12 nitrogen and oxygen atoms in total. The van der Waals surface area contributed by atoms with Crippen LogP contribution in [0, 0.1) is 26.7 Å². The number of likely N-dealkylation sites (N-methyl/N-ethyl adjacent to an activating group) is 1. The number of fused-ring (bicyclic) bond motifs is 1. The smallest absolute Gasteiger partial charge is 0.267 e. The van der Waals surface area contributed by atoms with Crippen LogP contribution in [0.1, 0.15) is 36.4 Å². The first-order valence-electron chi connectivity index (χ1n) is 13.8. The quantitative estimate of drug-likeness (QED) is 0.361. The van der Waals surface area contributed by atoms with Gasteiger partial charge in [-0.15, -0.1) is 0 Å². The zero-order valence-corrected chi connectivity index (χ0v) is 26.7. The van der Waals surface area contributed by atoms with E-state index in [1.165, 1.54) is 37.3 Å². The number of rotatable bonds is 9. The minimum atomic E-state index is -4.05. The number of anilines is 1. The molecular weight excluding hydrogens is 596 g/mol. The molecule has 3 atom stereocenters. The van der Waals surface area contributed by atoms with Gasteiger partial charge in [-0.25, -0.2) is 16.8 Å². The first kappa shape index (κ1) is 32.5. The van der Waals surface area contributed by atoms with E-state index in [-0.39, 0.29) is 64.9 Å². The van der Waals surface area contributed by atoms with Gasteiger partial charge in [0.1, 0.15) is 17.5 Å². The van der Waals surface area contributed by atoms with Crippen molar-refractivity contribution in [3.63, 3.8) is 0 Å². The standard InChI is InChI=1S/C29H38N4O8S2/c1-18-7-10-25(11-8-18)43(38,39)32(6)16-27-19(2)15-33(20(3)17-34)28(35)14-23-13-24(9-12-26(23)40-27)31-42(36,37)29-21(4)30-41-22(29)5/h7-13,19-20,27,31,34H,14-17H2,1-6H3/t19-,20+,27+/m0/s1. The third-order valence-corrected chi connectivity index (χ3v) is 11.0. The molecule has 1 amide bonds. The lowest BCUT2D eigenvalue weighted by molar-refractivity contribution is -0.134. The molecule has 0 saturated carbocycles. The average molecular weight is 635 g/mol. The second-order valence-electron chi connectivity index (χ2n) is 11.1. The largest absolute Gasteiger partial charge is 0.488 e. The fourth-order valence-corrected chi connectivity index (χ4v) is 7.58. The van der Waals surface area contributed by atoms with Crippen LogP contribution < -0.4 is 9.46 Å². The molecule has 0 aliphatic carbocycles. The number of aliphatic hydroxyl groups is 1. The molecule has 0 unspecified atom stereocenters. The molecule has 1 aromatic heterocycles. The van der Waals surface area contributed by atoms with Crippen molar-refractivity contribution < 1.29 is 36.0 Å². The van der Waals surface area contributed by atoms with Crippen molar-refractivity contribution >= 4 is 31.6 Å². The van der Waals surface area contributed by atoms with Crippen molar-refractivity contribution in [1.29, 1.82) is 0 Å². The topological polar surface area (TPSA) is 159 Å². The molecule has 2 aromatic carbocycles. The van der Waals surface area contributed by atoms with Crippen LogP contribution in [0.2, 0.25) is 0 Å². The first-order valence-corrected chi connectivity index (χ1v) is 16.7. The highest BCUT2D eigenvalue weighted by molar-refractivity contribution is 7.92. The van der Waals surface area contributed by atoms with Crippen molar-refractivity contribution in [2.75, 3.05) is 31.5 Å². The highest BCUT2D eigenvalue weighted by Gasteiger charge is 2.34. The molecule has 3 aromatic rings. The minimum Gasteiger partial charge on any atom is -0.488 e. The van der Waals surface area contributed by atoms with Crippen molar-refractivity contribution in [3.8, 4) is 5.75 Å². The number of nitrogens with zero attached hydrogens (tertiary/aromatic N) is 3. The number of benzene rings is 2. The summed E-state index contributed by atoms with van der Waals surface area (Å²) in [6.07, 6.45) is -0.814. The summed E-state index contributed by atoms with van der Waals surface area (Å²) in [5.74, 6) is -0.158. The van der Waals surface area contributed by atoms with Crippen molar-refractivity contribution in [3.05, 3.63) is 65.0 Å². The Morgan fingerprint density at radius 1 is 1.12 bits per heavy atom. The van der Waals surface area contributed by atoms with Gasteiger partial charge >= 0.3 is 0 Å². The van der Waals surface area contributed by atoms with Crippen LogP contribution in [-0.4, -0.2) is 81.1 Å². The predicted octanol–water partition coefficient (Wildman–Crippen LogP) is 2.87. The summed E-state index contributed by atoms with van der Waals surface area (Å²) >= 11 is 0. The van der Waals surface area contributed by atoms with E-state index in [4.69, 9.17) is 9.26 Å². The van der Waals surface area contributed by atoms with E-state index < -0.39 is 32.2 Å². The summed E-state index contributed by atoms with van der Waals surface area (Å²) in [5, 5.41) is 13.6. The van der Waals surface area contributed by atoms with Gasteiger partial charge in [-0.1, -0.05) is 29.8 Å². The molecule has 4 rings (SSSR count). The van der Waals surface area contributed by atoms with E-state index in [0.717, 1.165) is 5.56 Å². The Kier molecular flexibility index (Phi) is 9.54. The van der Waals surface area contributed by atoms with Crippen LogP contribution in [0.4, 0.5) is 5.69 Å². The van der Waals surface area contributed by atoms with E-state index >= 15 is 0 Å². The summed E-state index contributed by atoms with van der Waals surface area (Å²) in [6.45, 7) is 8.40. The maximum absolute atomic E-state index is 13.5. The molecule has 14 heteroatoms. The van der Waals surface area contributed by atoms with Crippen LogP contribution in [0.3, 0.4) is 0 Å². The van der Waals surface area contributed by atoms with E-state index in [1.54, 1.807) is 42.2 Å². The number of ether oxygens (including phenoxy) is 1. The maximum Gasteiger partial charge on any atom is 0.267 e. The van der Waals surface area contributed by atoms with E-state index in [9.17, 15) is 26.7 Å². The molecule has 0 fully saturated rings. The summed E-state index contributed by atoms with van der Waals surface area (Å²) in [7, 11) is -6.42. The van der Waals surface area contributed by atoms with E-state index in [2.05, 4.69) is 9.88 Å². The average Bonchev–Trinajstić information content (AvgIpc) is 3.31. The Morgan fingerprint density at radius 3 is 2.40 bits per heavy atom. The number of aromatic nitrogens is 1. The van der Waals surface area contributed by atoms with Crippen LogP contribution in [0.15, 0.2) is 56.8 Å². The summed E-state index contributed by atoms with van der Waals surface area (Å²) < 4.78 is 68.2. The first-order chi connectivity index (χ1) is 20.1. The Labute approximate surface area is 252 Å². The van der Waals surface area contributed by atoms with Gasteiger partial charge < -0.3 is 19.3 Å².